The predicted molar refractivity (Wildman–Crippen MR) is 90.8 cm³/mol. The summed E-state index contributed by atoms with van der Waals surface area (Å²) in [5.74, 6) is 2.40. The Morgan fingerprint density at radius 2 is 1.57 bits per heavy atom. The van der Waals surface area contributed by atoms with Crippen molar-refractivity contribution in [3.8, 4) is 0 Å². The van der Waals surface area contributed by atoms with Gasteiger partial charge in [0, 0.05) is 5.41 Å². The van der Waals surface area contributed by atoms with Crippen molar-refractivity contribution in [1.82, 2.24) is 0 Å². The molecular formula is C20H34O3. The van der Waals surface area contributed by atoms with Gasteiger partial charge in [-0.1, -0.05) is 6.92 Å². The number of rotatable bonds is 6. The second-order valence-electron chi connectivity index (χ2n) is 9.44. The van der Waals surface area contributed by atoms with E-state index in [9.17, 15) is 4.79 Å². The average Bonchev–Trinajstić information content (AvgIpc) is 2.44. The molecule has 4 saturated carbocycles. The van der Waals surface area contributed by atoms with Crippen molar-refractivity contribution in [3.63, 3.8) is 0 Å². The van der Waals surface area contributed by atoms with Crippen LogP contribution in [0.2, 0.25) is 0 Å². The van der Waals surface area contributed by atoms with Crippen molar-refractivity contribution in [3.05, 3.63) is 0 Å². The third-order valence-electron chi connectivity index (χ3n) is 6.63. The van der Waals surface area contributed by atoms with Gasteiger partial charge < -0.3 is 9.47 Å². The zero-order valence-electron chi connectivity index (χ0n) is 15.6. The number of carbonyl (C=O) groups is 1. The third-order valence-corrected chi connectivity index (χ3v) is 6.63. The van der Waals surface area contributed by atoms with Crippen LogP contribution in [0.1, 0.15) is 79.6 Å². The van der Waals surface area contributed by atoms with Gasteiger partial charge in [-0.25, -0.2) is 0 Å². The molecule has 4 bridgehead atoms. The van der Waals surface area contributed by atoms with E-state index < -0.39 is 5.41 Å². The third kappa shape index (κ3) is 3.31. The largest absolute Gasteiger partial charge is 0.435 e. The van der Waals surface area contributed by atoms with Crippen LogP contribution in [0, 0.1) is 28.6 Å². The van der Waals surface area contributed by atoms with Crippen molar-refractivity contribution in [2.45, 2.75) is 92.0 Å². The van der Waals surface area contributed by atoms with Crippen molar-refractivity contribution >= 4 is 5.97 Å². The molecular weight excluding hydrogens is 288 g/mol. The molecule has 0 aromatic heterocycles. The van der Waals surface area contributed by atoms with Gasteiger partial charge in [-0.15, -0.1) is 0 Å². The Balaban J connectivity index is 1.80. The van der Waals surface area contributed by atoms with E-state index in [0.29, 0.717) is 0 Å². The summed E-state index contributed by atoms with van der Waals surface area (Å²) in [5.41, 5.74) is -0.348. The van der Waals surface area contributed by atoms with Crippen molar-refractivity contribution in [1.29, 1.82) is 0 Å². The fraction of sp³-hybridized carbons (Fsp3) is 0.950. The monoisotopic (exact) mass is 322 g/mol. The lowest BCUT2D eigenvalue weighted by Gasteiger charge is -2.58. The highest BCUT2D eigenvalue weighted by molar-refractivity contribution is 5.76. The van der Waals surface area contributed by atoms with E-state index in [2.05, 4.69) is 0 Å². The van der Waals surface area contributed by atoms with E-state index in [-0.39, 0.29) is 23.8 Å². The normalized spacial score (nSPS) is 37.2. The Bertz CT molecular complexity index is 417. The van der Waals surface area contributed by atoms with Gasteiger partial charge in [0.2, 0.25) is 6.29 Å². The van der Waals surface area contributed by atoms with Gasteiger partial charge in [0.1, 0.15) is 0 Å². The van der Waals surface area contributed by atoms with Crippen molar-refractivity contribution < 1.29 is 14.3 Å². The number of carbonyl (C=O) groups excluding carboxylic acids is 1. The maximum Gasteiger partial charge on any atom is 0.313 e. The topological polar surface area (TPSA) is 35.5 Å². The first-order valence-corrected chi connectivity index (χ1v) is 9.60. The van der Waals surface area contributed by atoms with Gasteiger partial charge in [0.25, 0.3) is 0 Å². The van der Waals surface area contributed by atoms with E-state index in [1.807, 2.05) is 34.6 Å². The Morgan fingerprint density at radius 3 is 1.96 bits per heavy atom. The van der Waals surface area contributed by atoms with Crippen LogP contribution in [-0.2, 0) is 14.3 Å². The lowest BCUT2D eigenvalue weighted by molar-refractivity contribution is -0.259. The van der Waals surface area contributed by atoms with Crippen LogP contribution < -0.4 is 0 Å². The summed E-state index contributed by atoms with van der Waals surface area (Å²) in [6.07, 6.45) is 8.27. The quantitative estimate of drug-likeness (QED) is 0.513. The molecule has 0 N–H and O–H groups in total. The number of ether oxygens (including phenoxy) is 2. The van der Waals surface area contributed by atoms with Gasteiger partial charge in [-0.05, 0) is 90.4 Å². The van der Waals surface area contributed by atoms with Gasteiger partial charge in [-0.3, -0.25) is 4.79 Å². The summed E-state index contributed by atoms with van der Waals surface area (Å²) in [7, 11) is 0. The molecule has 0 aromatic carbocycles. The molecule has 132 valence electrons. The molecule has 0 saturated heterocycles. The van der Waals surface area contributed by atoms with Crippen LogP contribution >= 0.6 is 0 Å². The second-order valence-corrected chi connectivity index (χ2v) is 9.44. The Hall–Kier alpha value is -0.570. The van der Waals surface area contributed by atoms with Crippen LogP contribution in [-0.4, -0.2) is 18.4 Å². The SMILES string of the molecule is CCC(C)(C)C(=O)OC(OC(C)C)C12CC3CC(CC(C3)C1)C2. The lowest BCUT2D eigenvalue weighted by Crippen LogP contribution is -2.54. The zero-order valence-corrected chi connectivity index (χ0v) is 15.6. The molecule has 3 nitrogen and oxygen atoms in total. The standard InChI is InChI=1S/C20H34O3/c1-6-19(4,5)17(21)23-18(22-13(2)3)20-10-14-7-15(11-20)9-16(8-14)12-20/h13-16,18H,6-12H2,1-5H3. The molecule has 4 aliphatic carbocycles. The summed E-state index contributed by atoms with van der Waals surface area (Å²) >= 11 is 0. The van der Waals surface area contributed by atoms with E-state index in [4.69, 9.17) is 9.47 Å². The molecule has 4 aliphatic rings. The highest BCUT2D eigenvalue weighted by Crippen LogP contribution is 2.62. The maximum atomic E-state index is 12.7. The number of esters is 1. The lowest BCUT2D eigenvalue weighted by atomic mass is 9.49. The van der Waals surface area contributed by atoms with E-state index in [0.717, 1.165) is 24.2 Å². The Morgan fingerprint density at radius 1 is 1.09 bits per heavy atom. The minimum atomic E-state index is -0.430. The predicted octanol–water partition coefficient (Wildman–Crippen LogP) is 4.93. The maximum absolute atomic E-state index is 12.7. The smallest absolute Gasteiger partial charge is 0.313 e. The Kier molecular flexibility index (Phi) is 4.54. The molecule has 1 atom stereocenters. The van der Waals surface area contributed by atoms with Crippen LogP contribution in [0.4, 0.5) is 0 Å². The molecule has 0 aliphatic heterocycles. The molecule has 0 spiro atoms. The zero-order chi connectivity index (χ0) is 16.8. The highest BCUT2D eigenvalue weighted by Gasteiger charge is 2.56. The van der Waals surface area contributed by atoms with Crippen LogP contribution in [0.15, 0.2) is 0 Å². The van der Waals surface area contributed by atoms with Crippen LogP contribution in [0.3, 0.4) is 0 Å². The van der Waals surface area contributed by atoms with Crippen molar-refractivity contribution in [2.75, 3.05) is 0 Å². The molecule has 1 unspecified atom stereocenters. The highest BCUT2D eigenvalue weighted by atomic mass is 16.7. The second kappa shape index (κ2) is 6.06. The van der Waals surface area contributed by atoms with Crippen LogP contribution in [0.5, 0.6) is 0 Å². The summed E-state index contributed by atoms with van der Waals surface area (Å²) in [6.45, 7) is 10.1. The first-order chi connectivity index (χ1) is 10.7. The summed E-state index contributed by atoms with van der Waals surface area (Å²) in [5, 5.41) is 0. The molecule has 0 heterocycles. The summed E-state index contributed by atoms with van der Waals surface area (Å²) in [6, 6.07) is 0. The minimum Gasteiger partial charge on any atom is -0.435 e. The van der Waals surface area contributed by atoms with Gasteiger partial charge in [-0.2, -0.15) is 0 Å². The van der Waals surface area contributed by atoms with E-state index in [1.165, 1.54) is 38.5 Å². The van der Waals surface area contributed by atoms with Crippen molar-refractivity contribution in [2.24, 2.45) is 28.6 Å². The molecule has 23 heavy (non-hydrogen) atoms. The fourth-order valence-corrected chi connectivity index (χ4v) is 5.41. The molecule has 0 amide bonds. The molecule has 0 aromatic rings. The van der Waals surface area contributed by atoms with Gasteiger partial charge in [0.15, 0.2) is 0 Å². The van der Waals surface area contributed by atoms with Gasteiger partial charge >= 0.3 is 5.97 Å². The average molecular weight is 322 g/mol. The first-order valence-electron chi connectivity index (χ1n) is 9.60. The van der Waals surface area contributed by atoms with Gasteiger partial charge in [0.05, 0.1) is 11.5 Å². The molecule has 0 radical (unpaired) electrons. The Labute approximate surface area is 141 Å². The molecule has 4 rings (SSSR count). The minimum absolute atomic E-state index is 0.0818. The van der Waals surface area contributed by atoms with E-state index in [1.54, 1.807) is 0 Å². The van der Waals surface area contributed by atoms with Crippen LogP contribution in [0.25, 0.3) is 0 Å². The molecule has 4 fully saturated rings. The van der Waals surface area contributed by atoms with E-state index >= 15 is 0 Å². The molecule has 3 heteroatoms. The number of hydrogen-bond acceptors (Lipinski definition) is 3. The number of hydrogen-bond donors (Lipinski definition) is 0. The fourth-order valence-electron chi connectivity index (χ4n) is 5.41. The summed E-state index contributed by atoms with van der Waals surface area (Å²) in [4.78, 5) is 12.7. The first kappa shape index (κ1) is 17.3. The summed E-state index contributed by atoms with van der Waals surface area (Å²) < 4.78 is 12.2.